The van der Waals surface area contributed by atoms with E-state index in [1.165, 1.54) is 25.7 Å². The molecule has 0 aliphatic heterocycles. The molecule has 0 aliphatic rings. The van der Waals surface area contributed by atoms with Gasteiger partial charge in [-0.25, -0.2) is 0 Å². The number of nitrogens with zero attached hydrogens (tertiary/aromatic N) is 2. The van der Waals surface area contributed by atoms with Crippen LogP contribution in [0.15, 0.2) is 63.2 Å². The predicted molar refractivity (Wildman–Crippen MR) is 104 cm³/mol. The Morgan fingerprint density at radius 2 is 1.50 bits per heavy atom. The Hall–Kier alpha value is -1.68. The average Bonchev–Trinajstić information content (AvgIpc) is 2.62. The zero-order valence-electron chi connectivity index (χ0n) is 14.4. The van der Waals surface area contributed by atoms with E-state index >= 15 is 0 Å². The van der Waals surface area contributed by atoms with E-state index in [2.05, 4.69) is 40.0 Å². The smallest absolute Gasteiger partial charge is 0.119 e. The number of halogens is 1. The molecule has 0 saturated heterocycles. The molecule has 3 nitrogen and oxygen atoms in total. The van der Waals surface area contributed by atoms with Crippen LogP contribution >= 0.6 is 15.9 Å². The molecule has 0 N–H and O–H groups in total. The third-order valence-corrected chi connectivity index (χ3v) is 4.50. The molecule has 0 amide bonds. The lowest BCUT2D eigenvalue weighted by Crippen LogP contribution is -2.11. The highest BCUT2D eigenvalue weighted by molar-refractivity contribution is 9.10. The van der Waals surface area contributed by atoms with Crippen molar-refractivity contribution < 1.29 is 4.74 Å². The van der Waals surface area contributed by atoms with Gasteiger partial charge in [0.2, 0.25) is 0 Å². The van der Waals surface area contributed by atoms with E-state index in [1.807, 2.05) is 48.5 Å². The van der Waals surface area contributed by atoms with Crippen molar-refractivity contribution in [3.8, 4) is 5.75 Å². The maximum absolute atomic E-state index is 5.91. The number of hydrogen-bond acceptors (Lipinski definition) is 3. The molecule has 0 radical (unpaired) electrons. The van der Waals surface area contributed by atoms with Gasteiger partial charge >= 0.3 is 0 Å². The molecular formula is C20H25BrN2O. The molecule has 0 aromatic heterocycles. The minimum Gasteiger partial charge on any atom is -0.493 e. The van der Waals surface area contributed by atoms with Crippen molar-refractivity contribution in [1.29, 1.82) is 0 Å². The van der Waals surface area contributed by atoms with Crippen molar-refractivity contribution in [2.45, 2.75) is 39.5 Å². The molecular weight excluding hydrogens is 364 g/mol. The van der Waals surface area contributed by atoms with Crippen molar-refractivity contribution in [1.82, 2.24) is 0 Å². The Kier molecular flexibility index (Phi) is 7.96. The Balaban J connectivity index is 1.87. The van der Waals surface area contributed by atoms with Crippen LogP contribution in [0.5, 0.6) is 5.75 Å². The Labute approximate surface area is 153 Å². The summed E-state index contributed by atoms with van der Waals surface area (Å²) in [6.45, 7) is 5.25. The Morgan fingerprint density at radius 1 is 0.917 bits per heavy atom. The first-order valence-electron chi connectivity index (χ1n) is 8.61. The topological polar surface area (TPSA) is 34.0 Å². The second-order valence-corrected chi connectivity index (χ2v) is 6.81. The lowest BCUT2D eigenvalue weighted by Gasteiger charge is -2.15. The summed E-state index contributed by atoms with van der Waals surface area (Å²) in [6.07, 6.45) is 4.93. The standard InChI is InChI=1S/C20H25BrN2O/c1-3-5-6-16(4-2)15-24-20-13-11-19(12-14-20)23-22-18-9-7-17(21)8-10-18/h7-14,16H,3-6,15H2,1-2H3. The highest BCUT2D eigenvalue weighted by Crippen LogP contribution is 2.23. The Bertz CT molecular complexity index is 623. The van der Waals surface area contributed by atoms with E-state index < -0.39 is 0 Å². The monoisotopic (exact) mass is 388 g/mol. The van der Waals surface area contributed by atoms with Crippen LogP contribution in [0.1, 0.15) is 39.5 Å². The quantitative estimate of drug-likeness (QED) is 0.410. The first-order chi connectivity index (χ1) is 11.7. The van der Waals surface area contributed by atoms with E-state index in [0.717, 1.165) is 28.2 Å². The van der Waals surface area contributed by atoms with Crippen LogP contribution in [0.2, 0.25) is 0 Å². The lowest BCUT2D eigenvalue weighted by molar-refractivity contribution is 0.233. The fourth-order valence-corrected chi connectivity index (χ4v) is 2.61. The summed E-state index contributed by atoms with van der Waals surface area (Å²) in [5.41, 5.74) is 1.66. The molecule has 0 fully saturated rings. The fraction of sp³-hybridized carbons (Fsp3) is 0.400. The normalized spacial score (nSPS) is 12.5. The second-order valence-electron chi connectivity index (χ2n) is 5.90. The maximum Gasteiger partial charge on any atom is 0.119 e. The van der Waals surface area contributed by atoms with Gasteiger partial charge < -0.3 is 4.74 Å². The fourth-order valence-electron chi connectivity index (χ4n) is 2.34. The van der Waals surface area contributed by atoms with Gasteiger partial charge in [0.15, 0.2) is 0 Å². The van der Waals surface area contributed by atoms with Gasteiger partial charge in [-0.1, -0.05) is 49.0 Å². The van der Waals surface area contributed by atoms with Crippen LogP contribution in [0.25, 0.3) is 0 Å². The minimum absolute atomic E-state index is 0.640. The first-order valence-corrected chi connectivity index (χ1v) is 9.40. The molecule has 1 atom stereocenters. The molecule has 24 heavy (non-hydrogen) atoms. The summed E-state index contributed by atoms with van der Waals surface area (Å²) < 4.78 is 6.94. The number of azo groups is 1. The predicted octanol–water partition coefficient (Wildman–Crippen LogP) is 7.46. The first kappa shape index (κ1) is 18.7. The number of ether oxygens (including phenoxy) is 1. The minimum atomic E-state index is 0.640. The largest absolute Gasteiger partial charge is 0.493 e. The van der Waals surface area contributed by atoms with Gasteiger partial charge in [-0.2, -0.15) is 10.2 Å². The highest BCUT2D eigenvalue weighted by Gasteiger charge is 2.06. The van der Waals surface area contributed by atoms with Crippen LogP contribution in [-0.2, 0) is 0 Å². The summed E-state index contributed by atoms with van der Waals surface area (Å²) in [7, 11) is 0. The molecule has 2 rings (SSSR count). The van der Waals surface area contributed by atoms with Gasteiger partial charge in [0.05, 0.1) is 18.0 Å². The van der Waals surface area contributed by atoms with Gasteiger partial charge in [-0.15, -0.1) is 0 Å². The molecule has 0 saturated carbocycles. The molecule has 0 aliphatic carbocycles. The molecule has 0 heterocycles. The summed E-state index contributed by atoms with van der Waals surface area (Å²) in [5.74, 6) is 1.54. The van der Waals surface area contributed by atoms with E-state index in [-0.39, 0.29) is 0 Å². The maximum atomic E-state index is 5.91. The van der Waals surface area contributed by atoms with Crippen LogP contribution in [0.3, 0.4) is 0 Å². The molecule has 4 heteroatoms. The van der Waals surface area contributed by atoms with Gasteiger partial charge in [0.25, 0.3) is 0 Å². The van der Waals surface area contributed by atoms with Crippen molar-refractivity contribution in [3.05, 3.63) is 53.0 Å². The second kappa shape index (κ2) is 10.2. The number of unbranched alkanes of at least 4 members (excludes halogenated alkanes) is 1. The third-order valence-electron chi connectivity index (χ3n) is 3.97. The van der Waals surface area contributed by atoms with Gasteiger partial charge in [-0.3, -0.25) is 0 Å². The SMILES string of the molecule is CCCCC(CC)COc1ccc(N=Nc2ccc(Br)cc2)cc1. The summed E-state index contributed by atoms with van der Waals surface area (Å²) >= 11 is 3.41. The lowest BCUT2D eigenvalue weighted by atomic mass is 10.0. The molecule has 2 aromatic rings. The van der Waals surface area contributed by atoms with Crippen molar-refractivity contribution in [2.75, 3.05) is 6.61 Å². The highest BCUT2D eigenvalue weighted by atomic mass is 79.9. The van der Waals surface area contributed by atoms with E-state index in [9.17, 15) is 0 Å². The van der Waals surface area contributed by atoms with Gasteiger partial charge in [0, 0.05) is 4.47 Å². The third kappa shape index (κ3) is 6.44. The van der Waals surface area contributed by atoms with Crippen molar-refractivity contribution in [2.24, 2.45) is 16.1 Å². The summed E-state index contributed by atoms with van der Waals surface area (Å²) in [5, 5.41) is 8.49. The van der Waals surface area contributed by atoms with E-state index in [0.29, 0.717) is 5.92 Å². The number of rotatable bonds is 9. The van der Waals surface area contributed by atoms with Crippen molar-refractivity contribution in [3.63, 3.8) is 0 Å². The van der Waals surface area contributed by atoms with Crippen LogP contribution in [0, 0.1) is 5.92 Å². The molecule has 1 unspecified atom stereocenters. The van der Waals surface area contributed by atoms with Crippen LogP contribution in [0.4, 0.5) is 11.4 Å². The number of benzene rings is 2. The zero-order chi connectivity index (χ0) is 17.2. The molecule has 2 aromatic carbocycles. The number of hydrogen-bond donors (Lipinski definition) is 0. The van der Waals surface area contributed by atoms with Crippen molar-refractivity contribution >= 4 is 27.3 Å². The van der Waals surface area contributed by atoms with E-state index in [1.54, 1.807) is 0 Å². The zero-order valence-corrected chi connectivity index (χ0v) is 16.0. The van der Waals surface area contributed by atoms with Crippen LogP contribution in [-0.4, -0.2) is 6.61 Å². The van der Waals surface area contributed by atoms with E-state index in [4.69, 9.17) is 4.74 Å². The molecule has 0 spiro atoms. The Morgan fingerprint density at radius 3 is 2.04 bits per heavy atom. The molecule has 128 valence electrons. The summed E-state index contributed by atoms with van der Waals surface area (Å²) in [4.78, 5) is 0. The summed E-state index contributed by atoms with van der Waals surface area (Å²) in [6, 6.07) is 15.5. The average molecular weight is 389 g/mol. The van der Waals surface area contributed by atoms with Gasteiger partial charge in [-0.05, 0) is 60.9 Å². The van der Waals surface area contributed by atoms with Gasteiger partial charge in [0.1, 0.15) is 5.75 Å². The molecule has 0 bridgehead atoms. The van der Waals surface area contributed by atoms with Crippen LogP contribution < -0.4 is 4.74 Å².